The van der Waals surface area contributed by atoms with Crippen molar-refractivity contribution < 1.29 is 13.2 Å². The molecule has 1 aromatic carbocycles. The Bertz CT molecular complexity index is 1220. The van der Waals surface area contributed by atoms with E-state index < -0.39 is 10.0 Å². The van der Waals surface area contributed by atoms with Gasteiger partial charge in [-0.1, -0.05) is 6.07 Å². The molecule has 5 rings (SSSR count). The van der Waals surface area contributed by atoms with Crippen molar-refractivity contribution >= 4 is 21.7 Å². The predicted molar refractivity (Wildman–Crippen MR) is 128 cm³/mol. The monoisotopic (exact) mass is 479 g/mol. The minimum atomic E-state index is -3.53. The van der Waals surface area contributed by atoms with E-state index in [0.29, 0.717) is 68.4 Å². The Labute approximate surface area is 200 Å². The van der Waals surface area contributed by atoms with E-state index in [2.05, 4.69) is 11.1 Å². The number of carbonyl (C=O) groups excluding carboxylic acids is 1. The van der Waals surface area contributed by atoms with Crippen molar-refractivity contribution in [2.45, 2.75) is 37.0 Å². The largest absolute Gasteiger partial charge is 0.352 e. The Morgan fingerprint density at radius 2 is 1.74 bits per heavy atom. The highest BCUT2D eigenvalue weighted by Gasteiger charge is 2.35. The number of hydrogen-bond donors (Lipinski definition) is 0. The van der Waals surface area contributed by atoms with E-state index in [1.54, 1.807) is 24.4 Å². The fourth-order valence-electron chi connectivity index (χ4n) is 5.33. The molecule has 34 heavy (non-hydrogen) atoms. The zero-order chi connectivity index (χ0) is 23.7. The Balaban J connectivity index is 1.17. The van der Waals surface area contributed by atoms with Gasteiger partial charge in [-0.3, -0.25) is 4.79 Å². The molecule has 0 spiro atoms. The number of carbonyl (C=O) groups is 1. The molecule has 1 aliphatic carbocycles. The molecule has 9 heteroatoms. The number of nitriles is 1. The van der Waals surface area contributed by atoms with Crippen LogP contribution < -0.4 is 4.90 Å². The van der Waals surface area contributed by atoms with Crippen molar-refractivity contribution in [2.75, 3.05) is 44.2 Å². The van der Waals surface area contributed by atoms with Crippen LogP contribution >= 0.6 is 0 Å². The van der Waals surface area contributed by atoms with E-state index in [1.807, 2.05) is 21.9 Å². The highest BCUT2D eigenvalue weighted by molar-refractivity contribution is 7.89. The third-order valence-electron chi connectivity index (χ3n) is 7.31. The lowest BCUT2D eigenvalue weighted by Gasteiger charge is -2.38. The third kappa shape index (κ3) is 4.28. The quantitative estimate of drug-likeness (QED) is 0.667. The van der Waals surface area contributed by atoms with Gasteiger partial charge in [-0.25, -0.2) is 13.4 Å². The summed E-state index contributed by atoms with van der Waals surface area (Å²) in [7, 11) is -3.53. The maximum atomic E-state index is 13.2. The lowest BCUT2D eigenvalue weighted by Crippen LogP contribution is -2.52. The summed E-state index contributed by atoms with van der Waals surface area (Å²) in [4.78, 5) is 21.8. The lowest BCUT2D eigenvalue weighted by atomic mass is 9.96. The standard InChI is InChI=1S/C25H29N5O3S/c26-18-22-5-2-10-27-24(22)28-13-15-29(16-14-28)25(31)20-8-11-30(12-9-20)34(32,33)23-7-6-19-3-1-4-21(19)17-23/h2,5-7,10,17,20H,1,3-4,8-9,11-16H2. The second-order valence-corrected chi connectivity index (χ2v) is 11.2. The summed E-state index contributed by atoms with van der Waals surface area (Å²) in [6, 6.07) is 11.2. The van der Waals surface area contributed by atoms with Crippen molar-refractivity contribution in [3.63, 3.8) is 0 Å². The van der Waals surface area contributed by atoms with Gasteiger partial charge >= 0.3 is 0 Å². The molecular weight excluding hydrogens is 450 g/mol. The van der Waals surface area contributed by atoms with Gasteiger partial charge < -0.3 is 9.80 Å². The number of hydrogen-bond acceptors (Lipinski definition) is 6. The molecule has 0 unspecified atom stereocenters. The topological polar surface area (TPSA) is 97.6 Å². The Kier molecular flexibility index (Phi) is 6.28. The summed E-state index contributed by atoms with van der Waals surface area (Å²) < 4.78 is 27.9. The second-order valence-electron chi connectivity index (χ2n) is 9.26. The zero-order valence-corrected chi connectivity index (χ0v) is 20.0. The first-order valence-electron chi connectivity index (χ1n) is 12.0. The van der Waals surface area contributed by atoms with Crippen LogP contribution in [0.5, 0.6) is 0 Å². The van der Waals surface area contributed by atoms with Crippen LogP contribution in [-0.4, -0.2) is 67.8 Å². The van der Waals surface area contributed by atoms with Gasteiger partial charge in [0.1, 0.15) is 11.9 Å². The molecule has 3 heterocycles. The third-order valence-corrected chi connectivity index (χ3v) is 9.20. The van der Waals surface area contributed by atoms with Crippen molar-refractivity contribution in [3.05, 3.63) is 53.2 Å². The van der Waals surface area contributed by atoms with E-state index in [1.165, 1.54) is 9.87 Å². The van der Waals surface area contributed by atoms with Crippen LogP contribution in [0.4, 0.5) is 5.82 Å². The van der Waals surface area contributed by atoms with Gasteiger partial charge in [0, 0.05) is 51.4 Å². The molecular formula is C25H29N5O3S. The van der Waals surface area contributed by atoms with Gasteiger partial charge in [-0.2, -0.15) is 9.57 Å². The van der Waals surface area contributed by atoms with Crippen molar-refractivity contribution in [1.29, 1.82) is 5.26 Å². The summed E-state index contributed by atoms with van der Waals surface area (Å²) >= 11 is 0. The van der Waals surface area contributed by atoms with E-state index in [9.17, 15) is 18.5 Å². The molecule has 2 aromatic rings. The summed E-state index contributed by atoms with van der Waals surface area (Å²) in [5.74, 6) is 0.625. The average molecular weight is 480 g/mol. The zero-order valence-electron chi connectivity index (χ0n) is 19.2. The minimum Gasteiger partial charge on any atom is -0.352 e. The van der Waals surface area contributed by atoms with Crippen LogP contribution in [-0.2, 0) is 27.7 Å². The number of piperazine rings is 1. The molecule has 8 nitrogen and oxygen atoms in total. The van der Waals surface area contributed by atoms with Crippen LogP contribution in [0.2, 0.25) is 0 Å². The highest BCUT2D eigenvalue weighted by atomic mass is 32.2. The fraction of sp³-hybridized carbons (Fsp3) is 0.480. The highest BCUT2D eigenvalue weighted by Crippen LogP contribution is 2.29. The second kappa shape index (κ2) is 9.35. The fourth-order valence-corrected chi connectivity index (χ4v) is 6.85. The minimum absolute atomic E-state index is 0.107. The van der Waals surface area contributed by atoms with Crippen LogP contribution in [0.25, 0.3) is 0 Å². The van der Waals surface area contributed by atoms with Crippen molar-refractivity contribution in [1.82, 2.24) is 14.2 Å². The molecule has 3 aliphatic rings. The maximum Gasteiger partial charge on any atom is 0.243 e. The van der Waals surface area contributed by atoms with E-state index in [-0.39, 0.29) is 11.8 Å². The number of aryl methyl sites for hydroxylation is 2. The van der Waals surface area contributed by atoms with Crippen molar-refractivity contribution in [3.8, 4) is 6.07 Å². The number of fused-ring (bicyclic) bond motifs is 1. The number of piperidine rings is 1. The summed E-state index contributed by atoms with van der Waals surface area (Å²) in [6.07, 6.45) is 5.82. The predicted octanol–water partition coefficient (Wildman–Crippen LogP) is 2.19. The number of sulfonamides is 1. The van der Waals surface area contributed by atoms with E-state index >= 15 is 0 Å². The first kappa shape index (κ1) is 22.8. The van der Waals surface area contributed by atoms with Crippen molar-refractivity contribution in [2.24, 2.45) is 5.92 Å². The first-order chi connectivity index (χ1) is 16.5. The molecule has 2 aliphatic heterocycles. The molecule has 178 valence electrons. The van der Waals surface area contributed by atoms with Crippen LogP contribution in [0.1, 0.15) is 36.0 Å². The van der Waals surface area contributed by atoms with Gasteiger partial charge in [0.15, 0.2) is 0 Å². The summed E-state index contributed by atoms with van der Waals surface area (Å²) in [6.45, 7) is 3.15. The SMILES string of the molecule is N#Cc1cccnc1N1CCN(C(=O)C2CCN(S(=O)(=O)c3ccc4c(c3)CCC4)CC2)CC1. The van der Waals surface area contributed by atoms with E-state index in [4.69, 9.17) is 0 Å². The van der Waals surface area contributed by atoms with Crippen LogP contribution in [0.15, 0.2) is 41.4 Å². The molecule has 1 aromatic heterocycles. The smallest absolute Gasteiger partial charge is 0.243 e. The lowest BCUT2D eigenvalue weighted by molar-refractivity contribution is -0.137. The normalized spacial score (nSPS) is 19.6. The molecule has 2 saturated heterocycles. The molecule has 0 atom stereocenters. The number of anilines is 1. The Morgan fingerprint density at radius 1 is 1.00 bits per heavy atom. The Hall–Kier alpha value is -2.96. The number of benzene rings is 1. The maximum absolute atomic E-state index is 13.2. The number of nitrogens with zero attached hydrogens (tertiary/aromatic N) is 5. The number of pyridine rings is 1. The molecule has 0 radical (unpaired) electrons. The van der Waals surface area contributed by atoms with Crippen LogP contribution in [0.3, 0.4) is 0 Å². The molecule has 0 N–H and O–H groups in total. The first-order valence-corrected chi connectivity index (χ1v) is 13.4. The van der Waals surface area contributed by atoms with Gasteiger partial charge in [-0.15, -0.1) is 0 Å². The summed E-state index contributed by atoms with van der Waals surface area (Å²) in [5.41, 5.74) is 2.95. The molecule has 0 saturated carbocycles. The number of amides is 1. The number of aromatic nitrogens is 1. The average Bonchev–Trinajstić information content (AvgIpc) is 3.36. The van der Waals surface area contributed by atoms with Gasteiger partial charge in [0.25, 0.3) is 0 Å². The van der Waals surface area contributed by atoms with E-state index in [0.717, 1.165) is 24.8 Å². The van der Waals surface area contributed by atoms with Gasteiger partial charge in [0.05, 0.1) is 10.5 Å². The molecule has 1 amide bonds. The Morgan fingerprint density at radius 3 is 2.47 bits per heavy atom. The van der Waals surface area contributed by atoms with Crippen LogP contribution in [0, 0.1) is 17.2 Å². The molecule has 0 bridgehead atoms. The van der Waals surface area contributed by atoms with Gasteiger partial charge in [0.2, 0.25) is 15.9 Å². The summed E-state index contributed by atoms with van der Waals surface area (Å²) in [5, 5.41) is 9.32. The number of rotatable bonds is 4. The van der Waals surface area contributed by atoms with Gasteiger partial charge in [-0.05, 0) is 67.5 Å². The molecule has 2 fully saturated rings.